The lowest BCUT2D eigenvalue weighted by atomic mass is 10.0. The lowest BCUT2D eigenvalue weighted by Gasteiger charge is -2.31. The molecule has 2 heterocycles. The smallest absolute Gasteiger partial charge is 0.225 e. The van der Waals surface area contributed by atoms with E-state index in [9.17, 15) is 4.79 Å². The molecule has 6 heteroatoms. The molecule has 1 saturated heterocycles. The summed E-state index contributed by atoms with van der Waals surface area (Å²) in [6.45, 7) is 13.6. The van der Waals surface area contributed by atoms with Gasteiger partial charge in [-0.2, -0.15) is 5.10 Å². The number of carbonyl (C=O) groups excluding carboxylic acids is 1. The normalized spacial score (nSPS) is 18.7. The van der Waals surface area contributed by atoms with E-state index in [2.05, 4.69) is 58.2 Å². The highest BCUT2D eigenvalue weighted by molar-refractivity contribution is 5.78. The quantitative estimate of drug-likeness (QED) is 0.856. The third-order valence-electron chi connectivity index (χ3n) is 5.42. The molecule has 1 aromatic carbocycles. The van der Waals surface area contributed by atoms with E-state index >= 15 is 0 Å². The average Bonchev–Trinajstić information content (AvgIpc) is 2.98. The molecule has 2 aromatic rings. The van der Waals surface area contributed by atoms with Gasteiger partial charge in [0.25, 0.3) is 0 Å². The second kappa shape index (κ2) is 8.86. The maximum Gasteiger partial charge on any atom is 0.225 e. The van der Waals surface area contributed by atoms with Gasteiger partial charge in [-0.25, -0.2) is 4.98 Å². The molecule has 0 bridgehead atoms. The Morgan fingerprint density at radius 3 is 2.46 bits per heavy atom. The zero-order valence-corrected chi connectivity index (χ0v) is 17.8. The van der Waals surface area contributed by atoms with Crippen LogP contribution in [0.5, 0.6) is 0 Å². The Labute approximate surface area is 168 Å². The minimum absolute atomic E-state index is 0.0299. The van der Waals surface area contributed by atoms with Crippen molar-refractivity contribution in [2.75, 3.05) is 19.6 Å². The molecule has 6 nitrogen and oxygen atoms in total. The molecule has 1 aliphatic heterocycles. The summed E-state index contributed by atoms with van der Waals surface area (Å²) in [7, 11) is 0. The first-order chi connectivity index (χ1) is 13.3. The van der Waals surface area contributed by atoms with Gasteiger partial charge < -0.3 is 4.90 Å². The molecular formula is C22H33N5O. The van der Waals surface area contributed by atoms with E-state index in [1.54, 1.807) is 0 Å². The predicted molar refractivity (Wildman–Crippen MR) is 111 cm³/mol. The lowest BCUT2D eigenvalue weighted by molar-refractivity contribution is -0.137. The SMILES string of the molecule is Cc1nc(C2CN(Cc3ccc(C(C)C)cc3)CCCN2C(=O)C(C)C)n[nH]1. The molecule has 0 saturated carbocycles. The van der Waals surface area contributed by atoms with E-state index in [-0.39, 0.29) is 17.9 Å². The highest BCUT2D eigenvalue weighted by Gasteiger charge is 2.33. The van der Waals surface area contributed by atoms with Crippen LogP contribution in [0.15, 0.2) is 24.3 Å². The lowest BCUT2D eigenvalue weighted by Crippen LogP contribution is -2.41. The van der Waals surface area contributed by atoms with E-state index in [0.717, 1.165) is 38.4 Å². The van der Waals surface area contributed by atoms with E-state index < -0.39 is 0 Å². The summed E-state index contributed by atoms with van der Waals surface area (Å²) < 4.78 is 0. The minimum Gasteiger partial charge on any atom is -0.331 e. The Balaban J connectivity index is 1.79. The van der Waals surface area contributed by atoms with Crippen molar-refractivity contribution in [3.63, 3.8) is 0 Å². The van der Waals surface area contributed by atoms with E-state index in [4.69, 9.17) is 0 Å². The maximum absolute atomic E-state index is 12.8. The fraction of sp³-hybridized carbons (Fsp3) is 0.591. The molecule has 0 aliphatic carbocycles. The Morgan fingerprint density at radius 2 is 1.89 bits per heavy atom. The first-order valence-electron chi connectivity index (χ1n) is 10.4. The van der Waals surface area contributed by atoms with Gasteiger partial charge in [0.05, 0.1) is 0 Å². The summed E-state index contributed by atoms with van der Waals surface area (Å²) >= 11 is 0. The molecular weight excluding hydrogens is 350 g/mol. The molecule has 28 heavy (non-hydrogen) atoms. The Bertz CT molecular complexity index is 780. The second-order valence-corrected chi connectivity index (χ2v) is 8.47. The molecule has 1 amide bonds. The number of aromatic nitrogens is 3. The Morgan fingerprint density at radius 1 is 1.18 bits per heavy atom. The highest BCUT2D eigenvalue weighted by Crippen LogP contribution is 2.26. The van der Waals surface area contributed by atoms with Gasteiger partial charge in [-0.15, -0.1) is 0 Å². The largest absolute Gasteiger partial charge is 0.331 e. The molecule has 1 N–H and O–H groups in total. The fourth-order valence-electron chi connectivity index (χ4n) is 3.79. The number of amides is 1. The van der Waals surface area contributed by atoms with Crippen molar-refractivity contribution >= 4 is 5.91 Å². The van der Waals surface area contributed by atoms with Crippen LogP contribution >= 0.6 is 0 Å². The summed E-state index contributed by atoms with van der Waals surface area (Å²) in [5, 5.41) is 7.33. The van der Waals surface area contributed by atoms with Crippen molar-refractivity contribution in [2.24, 2.45) is 5.92 Å². The van der Waals surface area contributed by atoms with Crippen LogP contribution in [0.3, 0.4) is 0 Å². The van der Waals surface area contributed by atoms with Crippen molar-refractivity contribution < 1.29 is 4.79 Å². The summed E-state index contributed by atoms with van der Waals surface area (Å²) in [6.07, 6.45) is 0.961. The number of aromatic amines is 1. The standard InChI is InChI=1S/C22H33N5O/c1-15(2)19-9-7-18(8-10-19)13-26-11-6-12-27(22(28)16(3)4)20(14-26)21-23-17(5)24-25-21/h7-10,15-16,20H,6,11-14H2,1-5H3,(H,23,24,25). The zero-order chi connectivity index (χ0) is 20.3. The van der Waals surface area contributed by atoms with Gasteiger partial charge in [0.2, 0.25) is 5.91 Å². The number of hydrogen-bond donors (Lipinski definition) is 1. The first-order valence-corrected chi connectivity index (χ1v) is 10.4. The summed E-state index contributed by atoms with van der Waals surface area (Å²) in [5.41, 5.74) is 2.67. The number of carbonyl (C=O) groups is 1. The molecule has 1 atom stereocenters. The molecule has 1 aliphatic rings. The van der Waals surface area contributed by atoms with Crippen molar-refractivity contribution in [3.8, 4) is 0 Å². The third kappa shape index (κ3) is 4.79. The van der Waals surface area contributed by atoms with Crippen LogP contribution in [0.4, 0.5) is 0 Å². The predicted octanol–water partition coefficient (Wildman–Crippen LogP) is 3.67. The Kier molecular flexibility index (Phi) is 6.50. The van der Waals surface area contributed by atoms with Crippen LogP contribution in [0.1, 0.15) is 68.9 Å². The number of benzene rings is 1. The van der Waals surface area contributed by atoms with Crippen LogP contribution in [-0.2, 0) is 11.3 Å². The molecule has 3 rings (SSSR count). The molecule has 1 fully saturated rings. The van der Waals surface area contributed by atoms with Crippen molar-refractivity contribution in [1.82, 2.24) is 25.0 Å². The number of hydrogen-bond acceptors (Lipinski definition) is 4. The summed E-state index contributed by atoms with van der Waals surface area (Å²) in [5.74, 6) is 2.19. The minimum atomic E-state index is -0.114. The van der Waals surface area contributed by atoms with Crippen LogP contribution < -0.4 is 0 Å². The van der Waals surface area contributed by atoms with Crippen molar-refractivity contribution in [2.45, 2.75) is 59.5 Å². The van der Waals surface area contributed by atoms with Crippen LogP contribution in [0, 0.1) is 12.8 Å². The maximum atomic E-state index is 12.8. The number of H-pyrrole nitrogens is 1. The Hall–Kier alpha value is -2.21. The monoisotopic (exact) mass is 383 g/mol. The first kappa shape index (κ1) is 20.5. The topological polar surface area (TPSA) is 65.1 Å². The molecule has 152 valence electrons. The van der Waals surface area contributed by atoms with Crippen molar-refractivity contribution in [3.05, 3.63) is 47.0 Å². The molecule has 1 unspecified atom stereocenters. The van der Waals surface area contributed by atoms with Gasteiger partial charge >= 0.3 is 0 Å². The molecule has 0 spiro atoms. The fourth-order valence-corrected chi connectivity index (χ4v) is 3.79. The van der Waals surface area contributed by atoms with Gasteiger partial charge in [-0.3, -0.25) is 14.8 Å². The average molecular weight is 384 g/mol. The van der Waals surface area contributed by atoms with Gasteiger partial charge in [0, 0.05) is 32.1 Å². The third-order valence-corrected chi connectivity index (χ3v) is 5.42. The van der Waals surface area contributed by atoms with E-state index in [0.29, 0.717) is 11.7 Å². The van der Waals surface area contributed by atoms with Crippen LogP contribution in [0.2, 0.25) is 0 Å². The zero-order valence-electron chi connectivity index (χ0n) is 17.8. The van der Waals surface area contributed by atoms with E-state index in [1.807, 2.05) is 25.7 Å². The highest BCUT2D eigenvalue weighted by atomic mass is 16.2. The van der Waals surface area contributed by atoms with Gasteiger partial charge in [-0.1, -0.05) is 52.0 Å². The molecule has 1 aromatic heterocycles. The number of nitrogens with one attached hydrogen (secondary N) is 1. The number of rotatable bonds is 5. The van der Waals surface area contributed by atoms with Crippen LogP contribution in [0.25, 0.3) is 0 Å². The van der Waals surface area contributed by atoms with Gasteiger partial charge in [0.15, 0.2) is 5.82 Å². The van der Waals surface area contributed by atoms with E-state index in [1.165, 1.54) is 11.1 Å². The number of nitrogens with zero attached hydrogens (tertiary/aromatic N) is 4. The van der Waals surface area contributed by atoms with Crippen LogP contribution in [-0.4, -0.2) is 50.5 Å². The summed E-state index contributed by atoms with van der Waals surface area (Å²) in [6, 6.07) is 8.79. The number of aryl methyl sites for hydroxylation is 1. The second-order valence-electron chi connectivity index (χ2n) is 8.47. The summed E-state index contributed by atoms with van der Waals surface area (Å²) in [4.78, 5) is 21.8. The molecule has 0 radical (unpaired) electrons. The van der Waals surface area contributed by atoms with Gasteiger partial charge in [0.1, 0.15) is 11.9 Å². The van der Waals surface area contributed by atoms with Crippen molar-refractivity contribution in [1.29, 1.82) is 0 Å². The van der Waals surface area contributed by atoms with Gasteiger partial charge in [-0.05, 0) is 30.4 Å².